The third-order valence-electron chi connectivity index (χ3n) is 6.77. The molecule has 1 N–H and O–H groups in total. The Labute approximate surface area is 152 Å². The first-order chi connectivity index (χ1) is 12.2. The average molecular weight is 384 g/mol. The standard InChI is InChI=1S/C17H24N2O6S/c20-14-6-11(7-19(14)13-3-5-26(24,25)9-13)15(21)18-8-12-2-1-4-17(12,10-18)16(22)23/h11-13H,1-10H2,(H,22,23)/t11?,12-,13?,17+/m0/s1. The summed E-state index contributed by atoms with van der Waals surface area (Å²) in [7, 11) is -3.09. The molecule has 3 saturated heterocycles. The van der Waals surface area contributed by atoms with E-state index in [0.717, 1.165) is 12.8 Å². The summed E-state index contributed by atoms with van der Waals surface area (Å²) in [5.41, 5.74) is -0.822. The van der Waals surface area contributed by atoms with Gasteiger partial charge in [0.1, 0.15) is 0 Å². The molecule has 8 nitrogen and oxygen atoms in total. The van der Waals surface area contributed by atoms with E-state index in [1.54, 1.807) is 9.80 Å². The summed E-state index contributed by atoms with van der Waals surface area (Å²) in [6.07, 6.45) is 2.84. The van der Waals surface area contributed by atoms with Gasteiger partial charge in [0, 0.05) is 32.1 Å². The molecule has 9 heteroatoms. The molecule has 0 spiro atoms. The zero-order chi connectivity index (χ0) is 18.7. The number of rotatable bonds is 3. The van der Waals surface area contributed by atoms with Gasteiger partial charge >= 0.3 is 5.97 Å². The van der Waals surface area contributed by atoms with Gasteiger partial charge in [-0.15, -0.1) is 0 Å². The van der Waals surface area contributed by atoms with Gasteiger partial charge in [-0.1, -0.05) is 6.42 Å². The molecule has 0 aromatic rings. The molecule has 0 aromatic heterocycles. The SMILES string of the molecule is O=C(C1CC(=O)N(C2CCS(=O)(=O)C2)C1)N1C[C@@H]2CCC[C@@]2(C(=O)O)C1. The van der Waals surface area contributed by atoms with Crippen molar-refractivity contribution in [3.8, 4) is 0 Å². The molecule has 1 saturated carbocycles. The van der Waals surface area contributed by atoms with Gasteiger partial charge in [0.25, 0.3) is 0 Å². The number of carboxylic acids is 1. The molecule has 4 rings (SSSR count). The molecule has 4 fully saturated rings. The highest BCUT2D eigenvalue weighted by Crippen LogP contribution is 2.49. The van der Waals surface area contributed by atoms with E-state index in [2.05, 4.69) is 0 Å². The maximum absolute atomic E-state index is 12.9. The normalized spacial score (nSPS) is 38.8. The van der Waals surface area contributed by atoms with Crippen molar-refractivity contribution >= 4 is 27.6 Å². The predicted molar refractivity (Wildman–Crippen MR) is 90.9 cm³/mol. The Hall–Kier alpha value is -1.64. The minimum absolute atomic E-state index is 0.00265. The second kappa shape index (κ2) is 5.94. The van der Waals surface area contributed by atoms with Crippen molar-refractivity contribution < 1.29 is 27.9 Å². The highest BCUT2D eigenvalue weighted by atomic mass is 32.2. The zero-order valence-corrected chi connectivity index (χ0v) is 15.4. The molecule has 26 heavy (non-hydrogen) atoms. The van der Waals surface area contributed by atoms with E-state index < -0.39 is 27.1 Å². The van der Waals surface area contributed by atoms with E-state index in [1.165, 1.54) is 0 Å². The monoisotopic (exact) mass is 384 g/mol. The maximum atomic E-state index is 12.9. The average Bonchev–Trinajstić information content (AvgIpc) is 3.27. The van der Waals surface area contributed by atoms with Crippen LogP contribution in [-0.2, 0) is 24.2 Å². The minimum Gasteiger partial charge on any atom is -0.481 e. The highest BCUT2D eigenvalue weighted by molar-refractivity contribution is 7.91. The van der Waals surface area contributed by atoms with Crippen molar-refractivity contribution in [3.63, 3.8) is 0 Å². The van der Waals surface area contributed by atoms with Gasteiger partial charge in [-0.05, 0) is 25.2 Å². The van der Waals surface area contributed by atoms with E-state index in [1.807, 2.05) is 0 Å². The van der Waals surface area contributed by atoms with Crippen LogP contribution in [0.2, 0.25) is 0 Å². The van der Waals surface area contributed by atoms with Gasteiger partial charge in [0.15, 0.2) is 9.84 Å². The number of carbonyl (C=O) groups is 3. The Morgan fingerprint density at radius 2 is 1.96 bits per heavy atom. The molecule has 3 aliphatic heterocycles. The zero-order valence-electron chi connectivity index (χ0n) is 14.6. The van der Waals surface area contributed by atoms with Crippen LogP contribution >= 0.6 is 0 Å². The lowest BCUT2D eigenvalue weighted by Gasteiger charge is -2.26. The Morgan fingerprint density at radius 3 is 2.58 bits per heavy atom. The second-order valence-electron chi connectivity index (χ2n) is 8.27. The third kappa shape index (κ3) is 2.71. The maximum Gasteiger partial charge on any atom is 0.311 e. The van der Waals surface area contributed by atoms with Gasteiger partial charge in [-0.2, -0.15) is 0 Å². The Balaban J connectivity index is 1.44. The van der Waals surface area contributed by atoms with Gasteiger partial charge in [-0.25, -0.2) is 8.42 Å². The number of hydrogen-bond donors (Lipinski definition) is 1. The Bertz CT molecular complexity index is 765. The van der Waals surface area contributed by atoms with Crippen LogP contribution in [0.5, 0.6) is 0 Å². The first-order valence-electron chi connectivity index (χ1n) is 9.24. The van der Waals surface area contributed by atoms with Crippen LogP contribution in [0.4, 0.5) is 0 Å². The molecule has 0 aromatic carbocycles. The summed E-state index contributed by atoms with van der Waals surface area (Å²) in [5.74, 6) is -1.57. The fourth-order valence-electron chi connectivity index (χ4n) is 5.34. The quantitative estimate of drug-likeness (QED) is 0.717. The number of sulfone groups is 1. The van der Waals surface area contributed by atoms with Crippen LogP contribution in [0.25, 0.3) is 0 Å². The van der Waals surface area contributed by atoms with Crippen LogP contribution in [0.1, 0.15) is 32.1 Å². The number of likely N-dealkylation sites (tertiary alicyclic amines) is 2. The van der Waals surface area contributed by atoms with Crippen LogP contribution in [0.3, 0.4) is 0 Å². The molecule has 4 atom stereocenters. The summed E-state index contributed by atoms with van der Waals surface area (Å²) in [5, 5.41) is 9.66. The Morgan fingerprint density at radius 1 is 1.19 bits per heavy atom. The number of carboxylic acid groups (broad SMARTS) is 1. The summed E-state index contributed by atoms with van der Waals surface area (Å²) in [4.78, 5) is 40.2. The summed E-state index contributed by atoms with van der Waals surface area (Å²) >= 11 is 0. The number of carbonyl (C=O) groups excluding carboxylic acids is 2. The fraction of sp³-hybridized carbons (Fsp3) is 0.824. The number of hydrogen-bond acceptors (Lipinski definition) is 5. The lowest BCUT2D eigenvalue weighted by Crippen LogP contribution is -2.41. The molecule has 4 aliphatic rings. The number of fused-ring (bicyclic) bond motifs is 1. The topological polar surface area (TPSA) is 112 Å². The first-order valence-corrected chi connectivity index (χ1v) is 11.1. The van der Waals surface area contributed by atoms with Crippen molar-refractivity contribution in [2.75, 3.05) is 31.1 Å². The van der Waals surface area contributed by atoms with E-state index in [9.17, 15) is 27.9 Å². The minimum atomic E-state index is -3.09. The molecular weight excluding hydrogens is 360 g/mol. The van der Waals surface area contributed by atoms with E-state index in [4.69, 9.17) is 0 Å². The first kappa shape index (κ1) is 17.8. The smallest absolute Gasteiger partial charge is 0.311 e. The van der Waals surface area contributed by atoms with Gasteiger partial charge in [-0.3, -0.25) is 14.4 Å². The molecule has 1 aliphatic carbocycles. The van der Waals surface area contributed by atoms with Crippen LogP contribution < -0.4 is 0 Å². The summed E-state index contributed by atoms with van der Waals surface area (Å²) in [6, 6.07) is -0.325. The van der Waals surface area contributed by atoms with E-state index >= 15 is 0 Å². The predicted octanol–water partition coefficient (Wildman–Crippen LogP) is -0.265. The Kier molecular flexibility index (Phi) is 4.05. The second-order valence-corrected chi connectivity index (χ2v) is 10.5. The largest absolute Gasteiger partial charge is 0.481 e. The number of nitrogens with zero attached hydrogens (tertiary/aromatic N) is 2. The molecular formula is C17H24N2O6S. The number of amides is 2. The van der Waals surface area contributed by atoms with Crippen molar-refractivity contribution in [1.29, 1.82) is 0 Å². The molecule has 3 heterocycles. The van der Waals surface area contributed by atoms with E-state index in [0.29, 0.717) is 19.4 Å². The molecule has 2 unspecified atom stereocenters. The van der Waals surface area contributed by atoms with Crippen molar-refractivity contribution in [2.45, 2.75) is 38.1 Å². The van der Waals surface area contributed by atoms with Crippen molar-refractivity contribution in [1.82, 2.24) is 9.80 Å². The molecule has 144 valence electrons. The van der Waals surface area contributed by atoms with Gasteiger partial charge in [0.2, 0.25) is 11.8 Å². The third-order valence-corrected chi connectivity index (χ3v) is 8.52. The van der Waals surface area contributed by atoms with Crippen LogP contribution in [-0.4, -0.2) is 78.3 Å². The van der Waals surface area contributed by atoms with Gasteiger partial charge < -0.3 is 14.9 Å². The molecule has 2 amide bonds. The number of aliphatic carboxylic acids is 1. The summed E-state index contributed by atoms with van der Waals surface area (Å²) < 4.78 is 23.3. The van der Waals surface area contributed by atoms with Crippen LogP contribution in [0, 0.1) is 17.3 Å². The highest BCUT2D eigenvalue weighted by Gasteiger charge is 2.56. The molecule has 0 bridgehead atoms. The van der Waals surface area contributed by atoms with Crippen LogP contribution in [0.15, 0.2) is 0 Å². The lowest BCUT2D eigenvalue weighted by atomic mass is 9.81. The van der Waals surface area contributed by atoms with Crippen molar-refractivity contribution in [2.24, 2.45) is 17.3 Å². The van der Waals surface area contributed by atoms with E-state index in [-0.39, 0.29) is 54.8 Å². The molecule has 0 radical (unpaired) electrons. The van der Waals surface area contributed by atoms with Gasteiger partial charge in [0.05, 0.1) is 22.8 Å². The fourth-order valence-corrected chi connectivity index (χ4v) is 7.07. The van der Waals surface area contributed by atoms with Crippen molar-refractivity contribution in [3.05, 3.63) is 0 Å². The summed E-state index contributed by atoms with van der Waals surface area (Å²) in [6.45, 7) is 0.932. The lowest BCUT2D eigenvalue weighted by molar-refractivity contribution is -0.149.